The minimum absolute atomic E-state index is 0.519. The lowest BCUT2D eigenvalue weighted by molar-refractivity contribution is 0.314. The highest BCUT2D eigenvalue weighted by Crippen LogP contribution is 2.35. The standard InChI is InChI=1S/C14H19N3S/c1-9-16-12-4-3-11(6-14(12)18-9)13-5-10(7-15)8-17(13)2/h3-4,6,10,13H,5,7-8,15H2,1-2H3. The van der Waals surface area contributed by atoms with E-state index in [1.54, 1.807) is 11.3 Å². The average Bonchev–Trinajstić information content (AvgIpc) is 2.89. The van der Waals surface area contributed by atoms with Gasteiger partial charge in [-0.25, -0.2) is 4.98 Å². The van der Waals surface area contributed by atoms with Gasteiger partial charge in [-0.05, 0) is 50.6 Å². The second kappa shape index (κ2) is 4.61. The molecule has 3 rings (SSSR count). The van der Waals surface area contributed by atoms with E-state index >= 15 is 0 Å². The van der Waals surface area contributed by atoms with Gasteiger partial charge in [0.1, 0.15) is 0 Å². The van der Waals surface area contributed by atoms with E-state index in [1.165, 1.54) is 16.7 Å². The number of aromatic nitrogens is 1. The van der Waals surface area contributed by atoms with Crippen LogP contribution in [0.3, 0.4) is 0 Å². The fourth-order valence-corrected chi connectivity index (χ4v) is 3.81. The molecule has 1 aliphatic rings. The SMILES string of the molecule is Cc1nc2ccc(C3CC(CN)CN3C)cc2s1. The van der Waals surface area contributed by atoms with Crippen LogP contribution in [0.4, 0.5) is 0 Å². The molecule has 0 radical (unpaired) electrons. The van der Waals surface area contributed by atoms with Gasteiger partial charge in [0.2, 0.25) is 0 Å². The Morgan fingerprint density at radius 1 is 1.50 bits per heavy atom. The third kappa shape index (κ3) is 2.05. The normalized spacial score (nSPS) is 25.1. The Labute approximate surface area is 112 Å². The van der Waals surface area contributed by atoms with Crippen LogP contribution < -0.4 is 5.73 Å². The maximum Gasteiger partial charge on any atom is 0.0907 e. The van der Waals surface area contributed by atoms with Crippen molar-refractivity contribution in [3.63, 3.8) is 0 Å². The van der Waals surface area contributed by atoms with Crippen LogP contribution in [0.1, 0.15) is 23.0 Å². The molecule has 0 saturated carbocycles. The summed E-state index contributed by atoms with van der Waals surface area (Å²) in [6, 6.07) is 7.20. The summed E-state index contributed by atoms with van der Waals surface area (Å²) >= 11 is 1.78. The van der Waals surface area contributed by atoms with Crippen molar-refractivity contribution in [2.45, 2.75) is 19.4 Å². The molecule has 1 saturated heterocycles. The predicted octanol–water partition coefficient (Wildman–Crippen LogP) is 2.56. The molecule has 2 atom stereocenters. The van der Waals surface area contributed by atoms with Crippen LogP contribution in [0.15, 0.2) is 18.2 Å². The zero-order valence-corrected chi connectivity index (χ0v) is 11.7. The van der Waals surface area contributed by atoms with Gasteiger partial charge in [-0.3, -0.25) is 4.90 Å². The number of fused-ring (bicyclic) bond motifs is 1. The molecule has 1 aromatic heterocycles. The third-order valence-electron chi connectivity index (χ3n) is 3.87. The summed E-state index contributed by atoms with van der Waals surface area (Å²) in [5, 5.41) is 1.14. The molecule has 4 heteroatoms. The van der Waals surface area contributed by atoms with E-state index in [9.17, 15) is 0 Å². The van der Waals surface area contributed by atoms with Gasteiger partial charge in [0.25, 0.3) is 0 Å². The van der Waals surface area contributed by atoms with E-state index in [4.69, 9.17) is 5.73 Å². The summed E-state index contributed by atoms with van der Waals surface area (Å²) in [4.78, 5) is 6.94. The van der Waals surface area contributed by atoms with Crippen LogP contribution >= 0.6 is 11.3 Å². The zero-order valence-electron chi connectivity index (χ0n) is 10.9. The van der Waals surface area contributed by atoms with E-state index in [1.807, 2.05) is 0 Å². The molecule has 96 valence electrons. The molecule has 3 nitrogen and oxygen atoms in total. The summed E-state index contributed by atoms with van der Waals surface area (Å²) in [5.41, 5.74) is 8.33. The van der Waals surface area contributed by atoms with E-state index in [0.717, 1.165) is 23.6 Å². The number of aryl methyl sites for hydroxylation is 1. The fraction of sp³-hybridized carbons (Fsp3) is 0.500. The lowest BCUT2D eigenvalue weighted by Crippen LogP contribution is -2.20. The van der Waals surface area contributed by atoms with Gasteiger partial charge in [0, 0.05) is 12.6 Å². The van der Waals surface area contributed by atoms with Gasteiger partial charge in [0.15, 0.2) is 0 Å². The van der Waals surface area contributed by atoms with E-state index < -0.39 is 0 Å². The van der Waals surface area contributed by atoms with E-state index in [-0.39, 0.29) is 0 Å². The minimum Gasteiger partial charge on any atom is -0.330 e. The van der Waals surface area contributed by atoms with Crippen molar-refractivity contribution >= 4 is 21.6 Å². The number of thiazole rings is 1. The smallest absolute Gasteiger partial charge is 0.0907 e. The largest absolute Gasteiger partial charge is 0.330 e. The topological polar surface area (TPSA) is 42.1 Å². The Morgan fingerprint density at radius 3 is 3.06 bits per heavy atom. The Bertz CT molecular complexity index is 563. The first kappa shape index (κ1) is 12.1. The number of hydrogen-bond donors (Lipinski definition) is 1. The Morgan fingerprint density at radius 2 is 2.33 bits per heavy atom. The predicted molar refractivity (Wildman–Crippen MR) is 76.9 cm³/mol. The number of benzene rings is 1. The summed E-state index contributed by atoms with van der Waals surface area (Å²) in [5.74, 6) is 0.638. The Hall–Kier alpha value is -0.970. The van der Waals surface area contributed by atoms with Crippen molar-refractivity contribution in [3.8, 4) is 0 Å². The summed E-state index contributed by atoms with van der Waals surface area (Å²) in [7, 11) is 2.20. The minimum atomic E-state index is 0.519. The van der Waals surface area contributed by atoms with Gasteiger partial charge < -0.3 is 5.73 Å². The van der Waals surface area contributed by atoms with Crippen LogP contribution in [0.25, 0.3) is 10.2 Å². The third-order valence-corrected chi connectivity index (χ3v) is 4.81. The molecule has 2 N–H and O–H groups in total. The second-order valence-electron chi connectivity index (χ2n) is 5.25. The van der Waals surface area contributed by atoms with Crippen molar-refractivity contribution in [3.05, 3.63) is 28.8 Å². The summed E-state index contributed by atoms with van der Waals surface area (Å²) in [6.07, 6.45) is 1.18. The molecule has 1 aromatic carbocycles. The monoisotopic (exact) mass is 261 g/mol. The molecule has 2 unspecified atom stereocenters. The van der Waals surface area contributed by atoms with Gasteiger partial charge in [-0.2, -0.15) is 0 Å². The van der Waals surface area contributed by atoms with E-state index in [0.29, 0.717) is 12.0 Å². The highest BCUT2D eigenvalue weighted by atomic mass is 32.1. The molecule has 0 bridgehead atoms. The first-order chi connectivity index (χ1) is 8.67. The van der Waals surface area contributed by atoms with Crippen molar-refractivity contribution < 1.29 is 0 Å². The maximum absolute atomic E-state index is 5.80. The van der Waals surface area contributed by atoms with Crippen LogP contribution in [-0.2, 0) is 0 Å². The van der Waals surface area contributed by atoms with Gasteiger partial charge in [-0.15, -0.1) is 11.3 Å². The first-order valence-electron chi connectivity index (χ1n) is 6.45. The molecule has 18 heavy (non-hydrogen) atoms. The molecule has 0 amide bonds. The van der Waals surface area contributed by atoms with Crippen LogP contribution in [0.5, 0.6) is 0 Å². The molecule has 1 fully saturated rings. The van der Waals surface area contributed by atoms with Crippen molar-refractivity contribution in [1.29, 1.82) is 0 Å². The van der Waals surface area contributed by atoms with Gasteiger partial charge in [-0.1, -0.05) is 6.07 Å². The maximum atomic E-state index is 5.80. The molecular formula is C14H19N3S. The second-order valence-corrected chi connectivity index (χ2v) is 6.49. The van der Waals surface area contributed by atoms with Crippen LogP contribution in [0.2, 0.25) is 0 Å². The summed E-state index contributed by atoms with van der Waals surface area (Å²) in [6.45, 7) is 3.97. The van der Waals surface area contributed by atoms with E-state index in [2.05, 4.69) is 42.1 Å². The Balaban J connectivity index is 1.94. The highest BCUT2D eigenvalue weighted by molar-refractivity contribution is 7.18. The van der Waals surface area contributed by atoms with Gasteiger partial charge in [0.05, 0.1) is 15.2 Å². The molecule has 1 aliphatic heterocycles. The number of nitrogens with two attached hydrogens (primary N) is 1. The van der Waals surface area contributed by atoms with Crippen LogP contribution in [0, 0.1) is 12.8 Å². The molecule has 0 spiro atoms. The number of rotatable bonds is 2. The van der Waals surface area contributed by atoms with Crippen molar-refractivity contribution in [2.75, 3.05) is 20.1 Å². The Kier molecular flexibility index (Phi) is 3.09. The molecule has 2 aromatic rings. The fourth-order valence-electron chi connectivity index (χ4n) is 2.93. The zero-order chi connectivity index (χ0) is 12.7. The van der Waals surface area contributed by atoms with Crippen molar-refractivity contribution in [1.82, 2.24) is 9.88 Å². The number of likely N-dealkylation sites (tertiary alicyclic amines) is 1. The first-order valence-corrected chi connectivity index (χ1v) is 7.26. The molecule has 2 heterocycles. The lowest BCUT2D eigenvalue weighted by Gasteiger charge is -2.19. The van der Waals surface area contributed by atoms with Gasteiger partial charge >= 0.3 is 0 Å². The van der Waals surface area contributed by atoms with Crippen LogP contribution in [-0.4, -0.2) is 30.0 Å². The molecule has 0 aliphatic carbocycles. The molecular weight excluding hydrogens is 242 g/mol. The summed E-state index contributed by atoms with van der Waals surface area (Å²) < 4.78 is 1.30. The number of nitrogens with zero attached hydrogens (tertiary/aromatic N) is 2. The highest BCUT2D eigenvalue weighted by Gasteiger charge is 2.29. The van der Waals surface area contributed by atoms with Crippen molar-refractivity contribution in [2.24, 2.45) is 11.7 Å². The average molecular weight is 261 g/mol. The quantitative estimate of drug-likeness (QED) is 0.903. The number of hydrogen-bond acceptors (Lipinski definition) is 4. The lowest BCUT2D eigenvalue weighted by atomic mass is 10.00.